The molecule has 0 radical (unpaired) electrons. The second kappa shape index (κ2) is 4.90. The Labute approximate surface area is 108 Å². The first-order valence-electron chi connectivity index (χ1n) is 7.33. The highest BCUT2D eigenvalue weighted by Crippen LogP contribution is 2.31. The molecule has 0 aromatic heterocycles. The van der Waals surface area contributed by atoms with E-state index in [4.69, 9.17) is 0 Å². The van der Waals surface area contributed by atoms with Gasteiger partial charge in [-0.1, -0.05) is 12.8 Å². The van der Waals surface area contributed by atoms with Crippen LogP contribution in [0.15, 0.2) is 0 Å². The average Bonchev–Trinajstić information content (AvgIpc) is 2.99. The first kappa shape index (κ1) is 12.0. The Balaban J connectivity index is 1.60. The third-order valence-corrected chi connectivity index (χ3v) is 4.89. The summed E-state index contributed by atoms with van der Waals surface area (Å²) >= 11 is 0. The number of carbonyl (C=O) groups is 2. The monoisotopic (exact) mass is 250 g/mol. The predicted molar refractivity (Wildman–Crippen MR) is 68.2 cm³/mol. The van der Waals surface area contributed by atoms with Gasteiger partial charge in [-0.05, 0) is 31.6 Å². The van der Waals surface area contributed by atoms with Gasteiger partial charge in [0.1, 0.15) is 5.78 Å². The van der Waals surface area contributed by atoms with Crippen LogP contribution in [0.3, 0.4) is 0 Å². The van der Waals surface area contributed by atoms with Gasteiger partial charge in [-0.3, -0.25) is 4.79 Å². The Morgan fingerprint density at radius 3 is 2.33 bits per heavy atom. The highest BCUT2D eigenvalue weighted by molar-refractivity contribution is 5.80. The van der Waals surface area contributed by atoms with E-state index in [0.717, 1.165) is 19.4 Å². The molecule has 0 spiro atoms. The van der Waals surface area contributed by atoms with Crippen LogP contribution >= 0.6 is 0 Å². The molecule has 0 aromatic carbocycles. The van der Waals surface area contributed by atoms with Crippen LogP contribution in [0.25, 0.3) is 0 Å². The van der Waals surface area contributed by atoms with Gasteiger partial charge in [-0.2, -0.15) is 0 Å². The van der Waals surface area contributed by atoms with Gasteiger partial charge < -0.3 is 10.2 Å². The minimum atomic E-state index is 0.103. The molecule has 1 heterocycles. The first-order chi connectivity index (χ1) is 8.74. The summed E-state index contributed by atoms with van der Waals surface area (Å²) in [5, 5.41) is 3.16. The van der Waals surface area contributed by atoms with Gasteiger partial charge in [0.15, 0.2) is 0 Å². The van der Waals surface area contributed by atoms with E-state index in [1.54, 1.807) is 0 Å². The molecule has 1 aliphatic heterocycles. The van der Waals surface area contributed by atoms with Crippen LogP contribution in [0, 0.1) is 5.92 Å². The summed E-state index contributed by atoms with van der Waals surface area (Å²) < 4.78 is 0. The van der Waals surface area contributed by atoms with Gasteiger partial charge in [0.05, 0.1) is 6.04 Å². The van der Waals surface area contributed by atoms with E-state index < -0.39 is 0 Å². The van der Waals surface area contributed by atoms with Crippen LogP contribution in [-0.2, 0) is 4.79 Å². The van der Waals surface area contributed by atoms with Gasteiger partial charge in [0.25, 0.3) is 0 Å². The summed E-state index contributed by atoms with van der Waals surface area (Å²) in [5.41, 5.74) is 0. The van der Waals surface area contributed by atoms with Crippen molar-refractivity contribution in [1.82, 2.24) is 10.2 Å². The molecule has 0 aromatic rings. The van der Waals surface area contributed by atoms with Crippen molar-refractivity contribution in [3.05, 3.63) is 0 Å². The number of nitrogens with zero attached hydrogens (tertiary/aromatic N) is 1. The second-order valence-corrected chi connectivity index (χ2v) is 6.02. The number of urea groups is 1. The molecule has 1 atom stereocenters. The molecule has 18 heavy (non-hydrogen) atoms. The quantitative estimate of drug-likeness (QED) is 0.815. The van der Waals surface area contributed by atoms with Crippen molar-refractivity contribution in [1.29, 1.82) is 0 Å². The van der Waals surface area contributed by atoms with Crippen LogP contribution in [-0.4, -0.2) is 35.3 Å². The molecular weight excluding hydrogens is 228 g/mol. The number of amides is 2. The minimum absolute atomic E-state index is 0.103. The topological polar surface area (TPSA) is 49.4 Å². The lowest BCUT2D eigenvalue weighted by Gasteiger charge is -2.30. The van der Waals surface area contributed by atoms with Crippen molar-refractivity contribution in [3.8, 4) is 0 Å². The highest BCUT2D eigenvalue weighted by Gasteiger charge is 2.39. The van der Waals surface area contributed by atoms with E-state index >= 15 is 0 Å². The van der Waals surface area contributed by atoms with Crippen molar-refractivity contribution in [2.45, 2.75) is 63.5 Å². The van der Waals surface area contributed by atoms with Crippen molar-refractivity contribution in [2.24, 2.45) is 5.92 Å². The number of hydrogen-bond donors (Lipinski definition) is 1. The summed E-state index contributed by atoms with van der Waals surface area (Å²) in [5.74, 6) is 1.04. The van der Waals surface area contributed by atoms with Crippen LogP contribution in [0.4, 0.5) is 4.79 Å². The van der Waals surface area contributed by atoms with Crippen molar-refractivity contribution < 1.29 is 9.59 Å². The SMILES string of the molecule is O=C1CCC(N2CC(C3CCCC3)NC2=O)CC1. The molecular formula is C14H22N2O2. The standard InChI is InChI=1S/C14H22N2O2/c17-12-7-5-11(6-8-12)16-9-13(15-14(16)18)10-3-1-2-4-10/h10-11,13H,1-9H2,(H,15,18). The van der Waals surface area contributed by atoms with Crippen molar-refractivity contribution in [2.75, 3.05) is 6.54 Å². The second-order valence-electron chi connectivity index (χ2n) is 6.02. The zero-order valence-electron chi connectivity index (χ0n) is 10.9. The molecule has 3 aliphatic rings. The first-order valence-corrected chi connectivity index (χ1v) is 7.33. The average molecular weight is 250 g/mol. The lowest BCUT2D eigenvalue weighted by atomic mass is 9.92. The number of nitrogens with one attached hydrogen (secondary N) is 1. The molecule has 3 rings (SSSR count). The van der Waals surface area contributed by atoms with Gasteiger partial charge in [-0.25, -0.2) is 4.79 Å². The summed E-state index contributed by atoms with van der Waals surface area (Å²) in [6, 6.07) is 0.762. The number of ketones is 1. The zero-order chi connectivity index (χ0) is 12.5. The number of hydrogen-bond acceptors (Lipinski definition) is 2. The number of rotatable bonds is 2. The largest absolute Gasteiger partial charge is 0.333 e. The number of Topliss-reactive ketones (excluding diaryl/α,β-unsaturated/α-hetero) is 1. The smallest absolute Gasteiger partial charge is 0.318 e. The van der Waals surface area contributed by atoms with E-state index in [2.05, 4.69) is 5.32 Å². The van der Waals surface area contributed by atoms with E-state index in [-0.39, 0.29) is 6.03 Å². The summed E-state index contributed by atoms with van der Waals surface area (Å²) in [6.45, 7) is 0.863. The van der Waals surface area contributed by atoms with Crippen LogP contribution in [0.2, 0.25) is 0 Å². The lowest BCUT2D eigenvalue weighted by molar-refractivity contribution is -0.121. The molecule has 2 aliphatic carbocycles. The van der Waals surface area contributed by atoms with E-state index in [9.17, 15) is 9.59 Å². The molecule has 100 valence electrons. The van der Waals surface area contributed by atoms with Gasteiger partial charge in [-0.15, -0.1) is 0 Å². The fourth-order valence-electron chi connectivity index (χ4n) is 3.76. The molecule has 2 saturated carbocycles. The summed E-state index contributed by atoms with van der Waals surface area (Å²) in [6.07, 6.45) is 8.20. The minimum Gasteiger partial charge on any atom is -0.333 e. The van der Waals surface area contributed by atoms with Crippen LogP contribution in [0.5, 0.6) is 0 Å². The third-order valence-electron chi connectivity index (χ3n) is 4.89. The lowest BCUT2D eigenvalue weighted by Crippen LogP contribution is -2.40. The van der Waals surface area contributed by atoms with Gasteiger partial charge >= 0.3 is 6.03 Å². The van der Waals surface area contributed by atoms with E-state index in [0.29, 0.717) is 36.6 Å². The number of carbonyl (C=O) groups excluding carboxylic acids is 2. The van der Waals surface area contributed by atoms with Crippen molar-refractivity contribution in [3.63, 3.8) is 0 Å². The molecule has 1 unspecified atom stereocenters. The Morgan fingerprint density at radius 1 is 1.00 bits per heavy atom. The predicted octanol–water partition coefficient (Wildman–Crippen LogP) is 2.08. The Bertz CT molecular complexity index is 340. The molecule has 4 heteroatoms. The Kier molecular flexibility index (Phi) is 3.27. The zero-order valence-corrected chi connectivity index (χ0v) is 10.9. The maximum absolute atomic E-state index is 12.1. The maximum atomic E-state index is 12.1. The molecule has 0 bridgehead atoms. The van der Waals surface area contributed by atoms with E-state index in [1.807, 2.05) is 4.90 Å². The van der Waals surface area contributed by atoms with Crippen LogP contribution < -0.4 is 5.32 Å². The summed E-state index contributed by atoms with van der Waals surface area (Å²) in [4.78, 5) is 25.3. The molecule has 3 fully saturated rings. The van der Waals surface area contributed by atoms with Crippen molar-refractivity contribution >= 4 is 11.8 Å². The maximum Gasteiger partial charge on any atom is 0.318 e. The molecule has 1 N–H and O–H groups in total. The summed E-state index contributed by atoms with van der Waals surface area (Å²) in [7, 11) is 0. The fourth-order valence-corrected chi connectivity index (χ4v) is 3.76. The highest BCUT2D eigenvalue weighted by atomic mass is 16.2. The molecule has 4 nitrogen and oxygen atoms in total. The fraction of sp³-hybridized carbons (Fsp3) is 0.857. The van der Waals surface area contributed by atoms with Gasteiger partial charge in [0, 0.05) is 25.4 Å². The van der Waals surface area contributed by atoms with E-state index in [1.165, 1.54) is 25.7 Å². The van der Waals surface area contributed by atoms with Gasteiger partial charge in [0.2, 0.25) is 0 Å². The molecule has 2 amide bonds. The third kappa shape index (κ3) is 2.25. The normalized spacial score (nSPS) is 31.1. The Hall–Kier alpha value is -1.06. The Morgan fingerprint density at radius 2 is 1.67 bits per heavy atom. The molecule has 1 saturated heterocycles. The van der Waals surface area contributed by atoms with Crippen LogP contribution in [0.1, 0.15) is 51.4 Å².